The predicted molar refractivity (Wildman–Crippen MR) is 57.1 cm³/mol. The minimum absolute atomic E-state index is 0.191. The minimum Gasteiger partial charge on any atom is -0.478 e. The standard InChI is InChI=1S/C10H12ClNO3/c1-6(11)4-12-5-8-3-9(10(13)14)7(2)15-8/h3,12H,1,4-5H2,2H3,(H,13,14). The first-order valence-electron chi connectivity index (χ1n) is 4.37. The van der Waals surface area contributed by atoms with Crippen LogP contribution in [0.3, 0.4) is 0 Å². The van der Waals surface area contributed by atoms with Crippen LogP contribution in [0.1, 0.15) is 21.9 Å². The lowest BCUT2D eigenvalue weighted by molar-refractivity contribution is 0.0695. The molecule has 0 spiro atoms. The van der Waals surface area contributed by atoms with E-state index in [-0.39, 0.29) is 5.56 Å². The molecule has 82 valence electrons. The van der Waals surface area contributed by atoms with Crippen LogP contribution in [0.2, 0.25) is 0 Å². The van der Waals surface area contributed by atoms with E-state index in [2.05, 4.69) is 11.9 Å². The molecule has 0 unspecified atom stereocenters. The summed E-state index contributed by atoms with van der Waals surface area (Å²) in [5.41, 5.74) is 0.191. The third-order valence-corrected chi connectivity index (χ3v) is 1.95. The topological polar surface area (TPSA) is 62.5 Å². The molecular weight excluding hydrogens is 218 g/mol. The molecule has 0 aliphatic carbocycles. The van der Waals surface area contributed by atoms with Gasteiger partial charge in [-0.15, -0.1) is 0 Å². The second-order valence-electron chi connectivity index (χ2n) is 3.11. The third kappa shape index (κ3) is 3.42. The zero-order valence-corrected chi connectivity index (χ0v) is 9.10. The van der Waals surface area contributed by atoms with Gasteiger partial charge in [-0.25, -0.2) is 4.79 Å². The largest absolute Gasteiger partial charge is 0.478 e. The van der Waals surface area contributed by atoms with E-state index in [0.717, 1.165) is 0 Å². The van der Waals surface area contributed by atoms with Gasteiger partial charge >= 0.3 is 5.97 Å². The average molecular weight is 230 g/mol. The Morgan fingerprint density at radius 2 is 2.40 bits per heavy atom. The Morgan fingerprint density at radius 1 is 1.73 bits per heavy atom. The molecule has 1 aromatic rings. The number of carboxylic acid groups (broad SMARTS) is 1. The Kier molecular flexibility index (Phi) is 3.94. The van der Waals surface area contributed by atoms with Gasteiger partial charge in [-0.3, -0.25) is 0 Å². The molecule has 4 nitrogen and oxygen atoms in total. The molecule has 0 saturated heterocycles. The van der Waals surface area contributed by atoms with Crippen molar-refractivity contribution < 1.29 is 14.3 Å². The van der Waals surface area contributed by atoms with Crippen molar-refractivity contribution in [1.29, 1.82) is 0 Å². The van der Waals surface area contributed by atoms with Crippen LogP contribution in [0.15, 0.2) is 22.1 Å². The number of furan rings is 1. The quantitative estimate of drug-likeness (QED) is 0.812. The van der Waals surface area contributed by atoms with E-state index >= 15 is 0 Å². The summed E-state index contributed by atoms with van der Waals surface area (Å²) in [5, 5.41) is 12.2. The normalized spacial score (nSPS) is 10.3. The number of rotatable bonds is 5. The van der Waals surface area contributed by atoms with Gasteiger partial charge in [0.2, 0.25) is 0 Å². The molecule has 0 aliphatic heterocycles. The van der Waals surface area contributed by atoms with Crippen molar-refractivity contribution in [2.45, 2.75) is 13.5 Å². The van der Waals surface area contributed by atoms with Gasteiger partial charge in [0.15, 0.2) is 0 Å². The fraction of sp³-hybridized carbons (Fsp3) is 0.300. The molecule has 5 heteroatoms. The molecule has 0 radical (unpaired) electrons. The zero-order chi connectivity index (χ0) is 11.4. The number of carbonyl (C=O) groups is 1. The van der Waals surface area contributed by atoms with Gasteiger partial charge in [0.25, 0.3) is 0 Å². The average Bonchev–Trinajstić information content (AvgIpc) is 2.46. The maximum absolute atomic E-state index is 10.7. The summed E-state index contributed by atoms with van der Waals surface area (Å²) in [4.78, 5) is 10.7. The van der Waals surface area contributed by atoms with E-state index in [0.29, 0.717) is 29.6 Å². The van der Waals surface area contributed by atoms with Crippen LogP contribution >= 0.6 is 11.6 Å². The van der Waals surface area contributed by atoms with Crippen LogP contribution in [0.5, 0.6) is 0 Å². The Bertz CT molecular complexity index is 384. The van der Waals surface area contributed by atoms with Gasteiger partial charge < -0.3 is 14.8 Å². The van der Waals surface area contributed by atoms with Crippen molar-refractivity contribution in [3.63, 3.8) is 0 Å². The van der Waals surface area contributed by atoms with Gasteiger partial charge in [0.05, 0.1) is 6.54 Å². The molecule has 2 N–H and O–H groups in total. The van der Waals surface area contributed by atoms with Crippen LogP contribution in [-0.4, -0.2) is 17.6 Å². The number of hydrogen-bond acceptors (Lipinski definition) is 3. The fourth-order valence-electron chi connectivity index (χ4n) is 1.16. The number of halogens is 1. The Balaban J connectivity index is 2.59. The zero-order valence-electron chi connectivity index (χ0n) is 8.34. The minimum atomic E-state index is -0.982. The van der Waals surface area contributed by atoms with E-state index in [4.69, 9.17) is 21.1 Å². The van der Waals surface area contributed by atoms with Crippen LogP contribution in [0, 0.1) is 6.92 Å². The van der Waals surface area contributed by atoms with Crippen LogP contribution in [-0.2, 0) is 6.54 Å². The molecule has 0 fully saturated rings. The number of nitrogens with one attached hydrogen (secondary N) is 1. The highest BCUT2D eigenvalue weighted by Gasteiger charge is 2.12. The number of carboxylic acids is 1. The molecule has 1 rings (SSSR count). The Morgan fingerprint density at radius 3 is 2.87 bits per heavy atom. The highest BCUT2D eigenvalue weighted by molar-refractivity contribution is 6.29. The van der Waals surface area contributed by atoms with Crippen LogP contribution in [0.4, 0.5) is 0 Å². The summed E-state index contributed by atoms with van der Waals surface area (Å²) in [6, 6.07) is 1.50. The lowest BCUT2D eigenvalue weighted by atomic mass is 10.2. The third-order valence-electron chi connectivity index (χ3n) is 1.82. The first kappa shape index (κ1) is 11.8. The van der Waals surface area contributed by atoms with Gasteiger partial charge in [0, 0.05) is 11.6 Å². The van der Waals surface area contributed by atoms with E-state index in [9.17, 15) is 4.79 Å². The Labute approximate surface area is 92.5 Å². The van der Waals surface area contributed by atoms with Gasteiger partial charge in [-0.2, -0.15) is 0 Å². The molecular formula is C10H12ClNO3. The van der Waals surface area contributed by atoms with Crippen molar-refractivity contribution in [3.8, 4) is 0 Å². The predicted octanol–water partition coefficient (Wildman–Crippen LogP) is 2.13. The summed E-state index contributed by atoms with van der Waals surface area (Å²) >= 11 is 5.55. The Hall–Kier alpha value is -1.26. The fourth-order valence-corrected chi connectivity index (χ4v) is 1.26. The molecule has 0 amide bonds. The van der Waals surface area contributed by atoms with E-state index in [1.807, 2.05) is 0 Å². The molecule has 0 bridgehead atoms. The molecule has 0 aromatic carbocycles. The highest BCUT2D eigenvalue weighted by Crippen LogP contribution is 2.14. The summed E-state index contributed by atoms with van der Waals surface area (Å²) in [6.45, 7) is 6.03. The highest BCUT2D eigenvalue weighted by atomic mass is 35.5. The second kappa shape index (κ2) is 5.00. The lowest BCUT2D eigenvalue weighted by Crippen LogP contribution is -2.13. The van der Waals surface area contributed by atoms with Crippen molar-refractivity contribution in [3.05, 3.63) is 34.8 Å². The smallest absolute Gasteiger partial charge is 0.339 e. The maximum atomic E-state index is 10.7. The lowest BCUT2D eigenvalue weighted by Gasteiger charge is -1.99. The van der Waals surface area contributed by atoms with E-state index in [1.54, 1.807) is 6.92 Å². The van der Waals surface area contributed by atoms with Gasteiger partial charge in [-0.1, -0.05) is 18.2 Å². The van der Waals surface area contributed by atoms with Crippen molar-refractivity contribution >= 4 is 17.6 Å². The number of aromatic carboxylic acids is 1. The monoisotopic (exact) mass is 229 g/mol. The molecule has 15 heavy (non-hydrogen) atoms. The van der Waals surface area contributed by atoms with Crippen LogP contribution in [0.25, 0.3) is 0 Å². The first-order chi connectivity index (χ1) is 7.00. The SMILES string of the molecule is C=C(Cl)CNCc1cc(C(=O)O)c(C)o1. The van der Waals surface area contributed by atoms with Crippen LogP contribution < -0.4 is 5.32 Å². The van der Waals surface area contributed by atoms with Crippen molar-refractivity contribution in [1.82, 2.24) is 5.32 Å². The molecule has 0 aliphatic rings. The van der Waals surface area contributed by atoms with E-state index < -0.39 is 5.97 Å². The first-order valence-corrected chi connectivity index (χ1v) is 4.75. The van der Waals surface area contributed by atoms with Gasteiger partial charge in [0.1, 0.15) is 17.1 Å². The second-order valence-corrected chi connectivity index (χ2v) is 3.64. The van der Waals surface area contributed by atoms with Gasteiger partial charge in [-0.05, 0) is 13.0 Å². The summed E-state index contributed by atoms with van der Waals surface area (Å²) < 4.78 is 5.24. The number of hydrogen-bond donors (Lipinski definition) is 2. The summed E-state index contributed by atoms with van der Waals surface area (Å²) in [6.07, 6.45) is 0. The van der Waals surface area contributed by atoms with Crippen molar-refractivity contribution in [2.24, 2.45) is 0 Å². The van der Waals surface area contributed by atoms with Crippen molar-refractivity contribution in [2.75, 3.05) is 6.54 Å². The summed E-state index contributed by atoms with van der Waals surface area (Å²) in [5.74, 6) is -0.00364. The molecule has 1 aromatic heterocycles. The van der Waals surface area contributed by atoms with E-state index in [1.165, 1.54) is 6.07 Å². The summed E-state index contributed by atoms with van der Waals surface area (Å²) in [7, 11) is 0. The molecule has 0 atom stereocenters. The molecule has 0 saturated carbocycles. The maximum Gasteiger partial charge on any atom is 0.339 e. The molecule has 1 heterocycles. The number of aryl methyl sites for hydroxylation is 1.